The number of rotatable bonds is 8. The van der Waals surface area contributed by atoms with Crippen molar-refractivity contribution in [3.8, 4) is 6.01 Å². The van der Waals surface area contributed by atoms with E-state index in [1.54, 1.807) is 0 Å². The van der Waals surface area contributed by atoms with E-state index >= 15 is 0 Å². The summed E-state index contributed by atoms with van der Waals surface area (Å²) < 4.78 is 5.31. The van der Waals surface area contributed by atoms with Gasteiger partial charge in [0.15, 0.2) is 0 Å². The molecule has 19 heavy (non-hydrogen) atoms. The molecular weight excluding hydrogens is 268 g/mol. The van der Waals surface area contributed by atoms with Gasteiger partial charge in [0.1, 0.15) is 0 Å². The van der Waals surface area contributed by atoms with Crippen molar-refractivity contribution >= 4 is 17.5 Å². The van der Waals surface area contributed by atoms with E-state index in [2.05, 4.69) is 20.3 Å². The fourth-order valence-corrected chi connectivity index (χ4v) is 1.56. The first-order valence-corrected chi connectivity index (χ1v) is 6.91. The maximum atomic E-state index is 10.2. The molecule has 0 aliphatic rings. The zero-order valence-electron chi connectivity index (χ0n) is 11.6. The highest BCUT2D eigenvalue weighted by Gasteiger charge is 2.22. The minimum absolute atomic E-state index is 0.0696. The highest BCUT2D eigenvalue weighted by molar-refractivity contribution is 6.28. The summed E-state index contributed by atoms with van der Waals surface area (Å²) in [6.07, 6.45) is 2.15. The van der Waals surface area contributed by atoms with Crippen LogP contribution in [0.4, 0.5) is 5.95 Å². The van der Waals surface area contributed by atoms with Crippen molar-refractivity contribution in [3.05, 3.63) is 5.28 Å². The predicted molar refractivity (Wildman–Crippen MR) is 74.6 cm³/mol. The summed E-state index contributed by atoms with van der Waals surface area (Å²) in [5, 5.41) is 13.2. The van der Waals surface area contributed by atoms with Crippen LogP contribution in [0.15, 0.2) is 0 Å². The summed E-state index contributed by atoms with van der Waals surface area (Å²) in [7, 11) is 0. The molecule has 0 amide bonds. The van der Waals surface area contributed by atoms with Crippen LogP contribution in [0.3, 0.4) is 0 Å². The highest BCUT2D eigenvalue weighted by Crippen LogP contribution is 2.16. The first kappa shape index (κ1) is 15.9. The molecule has 0 aliphatic carbocycles. The number of aromatic nitrogens is 3. The summed E-state index contributed by atoms with van der Waals surface area (Å²) in [4.78, 5) is 11.9. The van der Waals surface area contributed by atoms with E-state index < -0.39 is 5.60 Å². The van der Waals surface area contributed by atoms with Gasteiger partial charge in [-0.05, 0) is 30.9 Å². The average molecular weight is 289 g/mol. The number of ether oxygens (including phenoxy) is 1. The van der Waals surface area contributed by atoms with Crippen LogP contribution in [-0.2, 0) is 0 Å². The Morgan fingerprint density at radius 1 is 1.21 bits per heavy atom. The Morgan fingerprint density at radius 3 is 2.47 bits per heavy atom. The molecule has 6 nitrogen and oxygen atoms in total. The van der Waals surface area contributed by atoms with Gasteiger partial charge in [-0.1, -0.05) is 20.8 Å². The maximum absolute atomic E-state index is 10.2. The average Bonchev–Trinajstić information content (AvgIpc) is 2.42. The van der Waals surface area contributed by atoms with Gasteiger partial charge in [-0.3, -0.25) is 0 Å². The van der Waals surface area contributed by atoms with Crippen LogP contribution < -0.4 is 10.1 Å². The zero-order chi connectivity index (χ0) is 14.3. The minimum Gasteiger partial charge on any atom is -0.463 e. The number of anilines is 1. The molecule has 0 atom stereocenters. The molecule has 0 fully saturated rings. The fourth-order valence-electron chi connectivity index (χ4n) is 1.41. The second-order valence-electron chi connectivity index (χ2n) is 4.34. The molecule has 0 aromatic carbocycles. The van der Waals surface area contributed by atoms with Crippen molar-refractivity contribution in [2.75, 3.05) is 18.5 Å². The molecule has 0 spiro atoms. The van der Waals surface area contributed by atoms with Crippen LogP contribution in [-0.4, -0.2) is 38.8 Å². The summed E-state index contributed by atoms with van der Waals surface area (Å²) in [5.41, 5.74) is -0.774. The van der Waals surface area contributed by atoms with Gasteiger partial charge in [0.25, 0.3) is 0 Å². The summed E-state index contributed by atoms with van der Waals surface area (Å²) in [6.45, 7) is 6.73. The monoisotopic (exact) mass is 288 g/mol. The Bertz CT molecular complexity index is 399. The third kappa shape index (κ3) is 5.16. The molecule has 2 N–H and O–H groups in total. The number of halogens is 1. The molecule has 108 valence electrons. The molecule has 0 aliphatic heterocycles. The molecule has 1 rings (SSSR count). The van der Waals surface area contributed by atoms with Crippen molar-refractivity contribution in [3.63, 3.8) is 0 Å². The zero-order valence-corrected chi connectivity index (χ0v) is 12.4. The van der Waals surface area contributed by atoms with Crippen LogP contribution in [0, 0.1) is 0 Å². The van der Waals surface area contributed by atoms with Gasteiger partial charge in [0.05, 0.1) is 12.2 Å². The number of nitrogens with zero attached hydrogens (tertiary/aromatic N) is 3. The predicted octanol–water partition coefficient (Wildman–Crippen LogP) is 2.28. The van der Waals surface area contributed by atoms with Gasteiger partial charge in [-0.2, -0.15) is 15.0 Å². The van der Waals surface area contributed by atoms with Crippen LogP contribution in [0.25, 0.3) is 0 Å². The van der Waals surface area contributed by atoms with Crippen LogP contribution in [0.2, 0.25) is 5.28 Å². The van der Waals surface area contributed by atoms with E-state index in [0.717, 1.165) is 6.42 Å². The molecule has 7 heteroatoms. The standard InChI is InChI=1S/C12H21ClN4O2/c1-4-7-19-11-16-9(13)15-10(17-11)14-8-12(18,5-2)6-3/h18H,4-8H2,1-3H3,(H,14,15,16,17). The lowest BCUT2D eigenvalue weighted by Gasteiger charge is -2.25. The van der Waals surface area contributed by atoms with Crippen molar-refractivity contribution in [2.24, 2.45) is 0 Å². The summed E-state index contributed by atoms with van der Waals surface area (Å²) in [6, 6.07) is 0.195. The lowest BCUT2D eigenvalue weighted by Crippen LogP contribution is -2.35. The van der Waals surface area contributed by atoms with Crippen LogP contribution in [0.1, 0.15) is 40.0 Å². The minimum atomic E-state index is -0.774. The Hall–Kier alpha value is -1.14. The molecule has 0 bridgehead atoms. The Labute approximate surface area is 118 Å². The van der Waals surface area contributed by atoms with Gasteiger partial charge in [0.2, 0.25) is 11.2 Å². The Kier molecular flexibility index (Phi) is 6.24. The summed E-state index contributed by atoms with van der Waals surface area (Å²) >= 11 is 5.80. The second-order valence-corrected chi connectivity index (χ2v) is 4.68. The third-order valence-corrected chi connectivity index (χ3v) is 3.08. The molecular formula is C12H21ClN4O2. The molecule has 0 saturated heterocycles. The molecule has 1 aromatic heterocycles. The normalized spacial score (nSPS) is 11.4. The van der Waals surface area contributed by atoms with Crippen LogP contribution in [0.5, 0.6) is 6.01 Å². The van der Waals surface area contributed by atoms with E-state index in [9.17, 15) is 5.11 Å². The summed E-state index contributed by atoms with van der Waals surface area (Å²) in [5.74, 6) is 0.312. The van der Waals surface area contributed by atoms with E-state index in [1.807, 2.05) is 20.8 Å². The van der Waals surface area contributed by atoms with Crippen molar-refractivity contribution in [1.82, 2.24) is 15.0 Å². The highest BCUT2D eigenvalue weighted by atomic mass is 35.5. The number of hydrogen-bond donors (Lipinski definition) is 2. The van der Waals surface area contributed by atoms with E-state index in [0.29, 0.717) is 31.9 Å². The second kappa shape index (κ2) is 7.45. The fraction of sp³-hybridized carbons (Fsp3) is 0.750. The molecule has 0 unspecified atom stereocenters. The Balaban J connectivity index is 2.70. The van der Waals surface area contributed by atoms with Gasteiger partial charge < -0.3 is 15.2 Å². The quantitative estimate of drug-likeness (QED) is 0.764. The number of nitrogens with one attached hydrogen (secondary N) is 1. The van der Waals surface area contributed by atoms with Crippen LogP contribution >= 0.6 is 11.6 Å². The van der Waals surface area contributed by atoms with Crippen molar-refractivity contribution in [1.29, 1.82) is 0 Å². The first-order valence-electron chi connectivity index (χ1n) is 6.53. The number of hydrogen-bond acceptors (Lipinski definition) is 6. The number of aliphatic hydroxyl groups is 1. The van der Waals surface area contributed by atoms with E-state index in [1.165, 1.54) is 0 Å². The maximum Gasteiger partial charge on any atom is 0.322 e. The lowest BCUT2D eigenvalue weighted by atomic mass is 9.98. The van der Waals surface area contributed by atoms with E-state index in [4.69, 9.17) is 16.3 Å². The molecule has 1 aromatic rings. The third-order valence-electron chi connectivity index (χ3n) is 2.91. The van der Waals surface area contributed by atoms with Crippen molar-refractivity contribution < 1.29 is 9.84 Å². The smallest absolute Gasteiger partial charge is 0.322 e. The van der Waals surface area contributed by atoms with Gasteiger partial charge in [-0.15, -0.1) is 0 Å². The SMILES string of the molecule is CCCOc1nc(Cl)nc(NCC(O)(CC)CC)n1. The van der Waals surface area contributed by atoms with Gasteiger partial charge >= 0.3 is 6.01 Å². The first-order chi connectivity index (χ1) is 9.03. The topological polar surface area (TPSA) is 80.2 Å². The largest absolute Gasteiger partial charge is 0.463 e. The van der Waals surface area contributed by atoms with Gasteiger partial charge in [-0.25, -0.2) is 0 Å². The van der Waals surface area contributed by atoms with Crippen molar-refractivity contribution in [2.45, 2.75) is 45.6 Å². The van der Waals surface area contributed by atoms with E-state index in [-0.39, 0.29) is 11.3 Å². The Morgan fingerprint density at radius 2 is 1.89 bits per heavy atom. The molecule has 1 heterocycles. The lowest BCUT2D eigenvalue weighted by molar-refractivity contribution is 0.0455. The molecule has 0 radical (unpaired) electrons. The molecule has 0 saturated carbocycles. The van der Waals surface area contributed by atoms with Gasteiger partial charge in [0, 0.05) is 6.54 Å².